The molecule has 3 rings (SSSR count). The number of methoxy groups -OCH3 is 2. The Bertz CT molecular complexity index is 788. The molecule has 152 valence electrons. The highest BCUT2D eigenvalue weighted by molar-refractivity contribution is 5.84. The van der Waals surface area contributed by atoms with Gasteiger partial charge in [-0.15, -0.1) is 0 Å². The number of benzene rings is 2. The van der Waals surface area contributed by atoms with Gasteiger partial charge in [0.1, 0.15) is 5.78 Å². The SMILES string of the molecule is COC(=O)CC1(CC(=O)OC)C(c2ccccc2)CC(=O)CC1c1ccccc1. The van der Waals surface area contributed by atoms with Gasteiger partial charge in [-0.1, -0.05) is 60.7 Å². The van der Waals surface area contributed by atoms with Gasteiger partial charge in [0.2, 0.25) is 0 Å². The second-order valence-electron chi connectivity index (χ2n) is 7.61. The zero-order valence-corrected chi connectivity index (χ0v) is 16.8. The van der Waals surface area contributed by atoms with Gasteiger partial charge >= 0.3 is 11.9 Å². The number of hydrogen-bond donors (Lipinski definition) is 0. The number of carbonyl (C=O) groups is 3. The quantitative estimate of drug-likeness (QED) is 0.692. The molecule has 0 aromatic heterocycles. The van der Waals surface area contributed by atoms with Crippen LogP contribution in [0, 0.1) is 5.41 Å². The molecule has 2 aromatic rings. The molecule has 2 aromatic carbocycles. The number of Topliss-reactive ketones (excluding diaryl/α,β-unsaturated/α-hetero) is 1. The largest absolute Gasteiger partial charge is 0.469 e. The van der Waals surface area contributed by atoms with Crippen LogP contribution in [0.5, 0.6) is 0 Å². The zero-order valence-electron chi connectivity index (χ0n) is 16.8. The van der Waals surface area contributed by atoms with Crippen LogP contribution >= 0.6 is 0 Å². The van der Waals surface area contributed by atoms with Crippen LogP contribution in [-0.4, -0.2) is 31.9 Å². The summed E-state index contributed by atoms with van der Waals surface area (Å²) in [6.45, 7) is 0. The Balaban J connectivity index is 2.21. The molecule has 2 atom stereocenters. The molecule has 0 spiro atoms. The summed E-state index contributed by atoms with van der Waals surface area (Å²) < 4.78 is 10.0. The van der Waals surface area contributed by atoms with Crippen molar-refractivity contribution in [2.75, 3.05) is 14.2 Å². The van der Waals surface area contributed by atoms with Crippen LogP contribution in [0.1, 0.15) is 48.6 Å². The van der Waals surface area contributed by atoms with Crippen molar-refractivity contribution in [1.82, 2.24) is 0 Å². The third-order valence-electron chi connectivity index (χ3n) is 6.06. The summed E-state index contributed by atoms with van der Waals surface area (Å²) in [5, 5.41) is 0. The predicted molar refractivity (Wildman–Crippen MR) is 108 cm³/mol. The van der Waals surface area contributed by atoms with Crippen molar-refractivity contribution in [2.45, 2.75) is 37.5 Å². The van der Waals surface area contributed by atoms with E-state index >= 15 is 0 Å². The third-order valence-corrected chi connectivity index (χ3v) is 6.06. The number of rotatable bonds is 6. The summed E-state index contributed by atoms with van der Waals surface area (Å²) in [6, 6.07) is 19.3. The maximum Gasteiger partial charge on any atom is 0.306 e. The average molecular weight is 394 g/mol. The maximum absolute atomic E-state index is 12.8. The van der Waals surface area contributed by atoms with E-state index in [9.17, 15) is 14.4 Å². The standard InChI is InChI=1S/C24H26O5/c1-28-22(26)15-24(16-23(27)29-2)20(17-9-5-3-6-10-17)13-19(25)14-21(24)18-11-7-4-8-12-18/h3-12,20-21H,13-16H2,1-2H3. The lowest BCUT2D eigenvalue weighted by atomic mass is 9.53. The molecule has 0 N–H and O–H groups in total. The molecule has 29 heavy (non-hydrogen) atoms. The minimum atomic E-state index is -0.823. The van der Waals surface area contributed by atoms with Gasteiger partial charge in [0.05, 0.1) is 27.1 Å². The first kappa shape index (κ1) is 20.8. The number of hydrogen-bond acceptors (Lipinski definition) is 5. The molecule has 0 radical (unpaired) electrons. The van der Waals surface area contributed by atoms with Crippen molar-refractivity contribution in [3.63, 3.8) is 0 Å². The van der Waals surface area contributed by atoms with Gasteiger partial charge in [0.25, 0.3) is 0 Å². The van der Waals surface area contributed by atoms with E-state index in [1.807, 2.05) is 60.7 Å². The lowest BCUT2D eigenvalue weighted by Crippen LogP contribution is -2.45. The molecule has 0 amide bonds. The van der Waals surface area contributed by atoms with Crippen LogP contribution in [0.15, 0.2) is 60.7 Å². The Labute approximate surface area is 171 Å². The predicted octanol–water partition coefficient (Wildman–Crippen LogP) is 4.03. The van der Waals surface area contributed by atoms with Crippen molar-refractivity contribution in [2.24, 2.45) is 5.41 Å². The van der Waals surface area contributed by atoms with E-state index in [1.54, 1.807) is 0 Å². The molecular formula is C24H26O5. The highest BCUT2D eigenvalue weighted by atomic mass is 16.5. The molecular weight excluding hydrogens is 368 g/mol. The molecule has 0 bridgehead atoms. The topological polar surface area (TPSA) is 69.7 Å². The van der Waals surface area contributed by atoms with E-state index < -0.39 is 17.4 Å². The fraction of sp³-hybridized carbons (Fsp3) is 0.375. The Morgan fingerprint density at radius 1 is 0.793 bits per heavy atom. The number of ketones is 1. The highest BCUT2D eigenvalue weighted by Crippen LogP contribution is 2.58. The van der Waals surface area contributed by atoms with Gasteiger partial charge in [-0.3, -0.25) is 14.4 Å². The van der Waals surface area contributed by atoms with Gasteiger partial charge in [-0.05, 0) is 23.0 Å². The van der Waals surface area contributed by atoms with Crippen molar-refractivity contribution in [3.05, 3.63) is 71.8 Å². The Hall–Kier alpha value is -2.95. The molecule has 5 nitrogen and oxygen atoms in total. The normalized spacial score (nSPS) is 20.7. The number of ether oxygens (including phenoxy) is 2. The van der Waals surface area contributed by atoms with Crippen molar-refractivity contribution in [3.8, 4) is 0 Å². The van der Waals surface area contributed by atoms with E-state index in [-0.39, 0.29) is 43.3 Å². The summed E-state index contributed by atoms with van der Waals surface area (Å²) in [4.78, 5) is 37.9. The molecule has 1 fully saturated rings. The third kappa shape index (κ3) is 4.39. The van der Waals surface area contributed by atoms with Gasteiger partial charge in [0, 0.05) is 18.3 Å². The maximum atomic E-state index is 12.8. The Morgan fingerprint density at radius 2 is 1.17 bits per heavy atom. The molecule has 1 aliphatic rings. The van der Waals surface area contributed by atoms with E-state index in [4.69, 9.17) is 9.47 Å². The van der Waals surface area contributed by atoms with E-state index in [1.165, 1.54) is 14.2 Å². The van der Waals surface area contributed by atoms with E-state index in [0.29, 0.717) is 0 Å². The van der Waals surface area contributed by atoms with Crippen LogP contribution in [0.2, 0.25) is 0 Å². The first-order chi connectivity index (χ1) is 14.0. The lowest BCUT2D eigenvalue weighted by Gasteiger charge is -2.49. The summed E-state index contributed by atoms with van der Waals surface area (Å²) in [5.74, 6) is -1.27. The second-order valence-corrected chi connectivity index (χ2v) is 7.61. The van der Waals surface area contributed by atoms with Crippen LogP contribution < -0.4 is 0 Å². The van der Waals surface area contributed by atoms with E-state index in [2.05, 4.69) is 0 Å². The summed E-state index contributed by atoms with van der Waals surface area (Å²) in [5.41, 5.74) is 1.06. The molecule has 0 aliphatic heterocycles. The van der Waals surface area contributed by atoms with Crippen LogP contribution in [0.25, 0.3) is 0 Å². The van der Waals surface area contributed by atoms with Gasteiger partial charge in [0.15, 0.2) is 0 Å². The van der Waals surface area contributed by atoms with E-state index in [0.717, 1.165) is 11.1 Å². The fourth-order valence-electron chi connectivity index (χ4n) is 4.70. The van der Waals surface area contributed by atoms with Crippen LogP contribution in [0.3, 0.4) is 0 Å². The van der Waals surface area contributed by atoms with Gasteiger partial charge < -0.3 is 9.47 Å². The molecule has 0 heterocycles. The Kier molecular flexibility index (Phi) is 6.47. The number of esters is 2. The summed E-state index contributed by atoms with van der Waals surface area (Å²) >= 11 is 0. The summed E-state index contributed by atoms with van der Waals surface area (Å²) in [6.07, 6.45) is 0.624. The minimum Gasteiger partial charge on any atom is -0.469 e. The van der Waals surface area contributed by atoms with Gasteiger partial charge in [-0.2, -0.15) is 0 Å². The first-order valence-electron chi connectivity index (χ1n) is 9.75. The molecule has 2 unspecified atom stereocenters. The molecule has 1 aliphatic carbocycles. The zero-order chi connectivity index (χ0) is 20.9. The molecule has 1 saturated carbocycles. The first-order valence-corrected chi connectivity index (χ1v) is 9.75. The lowest BCUT2D eigenvalue weighted by molar-refractivity contribution is -0.152. The van der Waals surface area contributed by atoms with Crippen molar-refractivity contribution >= 4 is 17.7 Å². The second kappa shape index (κ2) is 9.03. The van der Waals surface area contributed by atoms with Crippen molar-refractivity contribution < 1.29 is 23.9 Å². The monoisotopic (exact) mass is 394 g/mol. The minimum absolute atomic E-state index is 0.0327. The smallest absolute Gasteiger partial charge is 0.306 e. The fourth-order valence-corrected chi connectivity index (χ4v) is 4.70. The summed E-state index contributed by atoms with van der Waals surface area (Å²) in [7, 11) is 2.69. The van der Waals surface area contributed by atoms with Crippen LogP contribution in [0.4, 0.5) is 0 Å². The Morgan fingerprint density at radius 3 is 1.52 bits per heavy atom. The number of carbonyl (C=O) groups excluding carboxylic acids is 3. The molecule has 0 saturated heterocycles. The highest BCUT2D eigenvalue weighted by Gasteiger charge is 2.53. The van der Waals surface area contributed by atoms with Crippen molar-refractivity contribution in [1.29, 1.82) is 0 Å². The van der Waals surface area contributed by atoms with Gasteiger partial charge in [-0.25, -0.2) is 0 Å². The van der Waals surface area contributed by atoms with Crippen LogP contribution in [-0.2, 0) is 23.9 Å². The molecule has 5 heteroatoms. The average Bonchev–Trinajstić information content (AvgIpc) is 2.76.